The molecule has 10 nitrogen and oxygen atoms in total. The third-order valence-corrected chi connectivity index (χ3v) is 7.55. The number of aliphatic hydroxyl groups excluding tert-OH is 1. The summed E-state index contributed by atoms with van der Waals surface area (Å²) in [7, 11) is 1.96. The quantitative estimate of drug-likeness (QED) is 0.375. The molecule has 1 saturated heterocycles. The van der Waals surface area contributed by atoms with E-state index in [1.54, 1.807) is 11.0 Å². The molecule has 1 amide bonds. The van der Waals surface area contributed by atoms with Crippen LogP contribution in [-0.4, -0.2) is 64.4 Å². The standard InChI is InChI=1S/C24H20BClF2N8O2/c25-24-5-3-18(23-30-9-15(32-23)13-4-6-29-16(10-37)21(13)27)36(24)19(38)7-12(8-24)20-17(35-11-31-33-34-35)2-1-14(26)22(20)28/h1-2,4,6-7,9,11,18,37H,3,5,8,10,25H2,(H,30,32)/t18-,24-/m0/s1. The minimum Gasteiger partial charge on any atom is -0.390 e. The molecule has 1 aromatic carbocycles. The normalized spacial score (nSPS) is 21.1. The smallest absolute Gasteiger partial charge is 0.247 e. The molecule has 1 fully saturated rings. The first-order valence-electron chi connectivity index (χ1n) is 11.9. The van der Waals surface area contributed by atoms with Crippen molar-refractivity contribution in [2.75, 3.05) is 0 Å². The van der Waals surface area contributed by atoms with Gasteiger partial charge in [-0.05, 0) is 53.5 Å². The summed E-state index contributed by atoms with van der Waals surface area (Å²) >= 11 is 6.12. The molecular weight excluding hydrogens is 517 g/mol. The number of H-pyrrole nitrogens is 1. The SMILES string of the molecule is B[C@@]12CC[C@@H](c3ncc(-c4ccnc(CO)c4F)[nH]3)N1C(=O)C=C(c1c(-n3cnnn3)ccc(Cl)c1F)C2. The number of nitrogens with zero attached hydrogens (tertiary/aromatic N) is 7. The van der Waals surface area contributed by atoms with Crippen LogP contribution in [0.5, 0.6) is 0 Å². The predicted octanol–water partition coefficient (Wildman–Crippen LogP) is 2.35. The van der Waals surface area contributed by atoms with E-state index in [4.69, 9.17) is 11.6 Å². The number of tetrazole rings is 1. The zero-order chi connectivity index (χ0) is 26.6. The Morgan fingerprint density at radius 3 is 2.84 bits per heavy atom. The minimum absolute atomic E-state index is 0.0646. The highest BCUT2D eigenvalue weighted by Gasteiger charge is 2.49. The molecule has 2 aliphatic rings. The number of carbonyl (C=O) groups excluding carboxylic acids is 1. The van der Waals surface area contributed by atoms with Gasteiger partial charge >= 0.3 is 0 Å². The number of aromatic nitrogens is 7. The molecular formula is C24H20BClF2N8O2. The van der Waals surface area contributed by atoms with Crippen LogP contribution < -0.4 is 0 Å². The average molecular weight is 537 g/mol. The number of pyridine rings is 1. The Labute approximate surface area is 220 Å². The largest absolute Gasteiger partial charge is 0.390 e. The fourth-order valence-electron chi connectivity index (χ4n) is 5.52. The molecule has 0 spiro atoms. The molecule has 38 heavy (non-hydrogen) atoms. The van der Waals surface area contributed by atoms with Gasteiger partial charge in [0, 0.05) is 28.8 Å². The van der Waals surface area contributed by atoms with Crippen LogP contribution in [0.15, 0.2) is 43.0 Å². The second kappa shape index (κ2) is 9.10. The molecule has 0 radical (unpaired) electrons. The Morgan fingerprint density at radius 2 is 2.08 bits per heavy atom. The van der Waals surface area contributed by atoms with Gasteiger partial charge in [-0.15, -0.1) is 5.10 Å². The number of imidazole rings is 1. The number of rotatable bonds is 5. The van der Waals surface area contributed by atoms with Crippen LogP contribution in [0.1, 0.15) is 42.4 Å². The van der Waals surface area contributed by atoms with Gasteiger partial charge in [0.25, 0.3) is 0 Å². The van der Waals surface area contributed by atoms with Gasteiger partial charge in [0.1, 0.15) is 25.7 Å². The third-order valence-electron chi connectivity index (χ3n) is 7.26. The Balaban J connectivity index is 1.36. The first-order chi connectivity index (χ1) is 18.3. The van der Waals surface area contributed by atoms with Gasteiger partial charge in [-0.1, -0.05) is 11.6 Å². The van der Waals surface area contributed by atoms with E-state index >= 15 is 4.39 Å². The maximum Gasteiger partial charge on any atom is 0.247 e. The molecule has 2 atom stereocenters. The molecule has 14 heteroatoms. The van der Waals surface area contributed by atoms with E-state index in [2.05, 4.69) is 30.5 Å². The lowest BCUT2D eigenvalue weighted by molar-refractivity contribution is -0.130. The van der Waals surface area contributed by atoms with Gasteiger partial charge in [-0.25, -0.2) is 13.8 Å². The van der Waals surface area contributed by atoms with Crippen molar-refractivity contribution in [3.05, 3.63) is 76.7 Å². The van der Waals surface area contributed by atoms with Crippen LogP contribution in [-0.2, 0) is 11.4 Å². The number of halogens is 3. The number of fused-ring (bicyclic) bond motifs is 1. The number of amides is 1. The summed E-state index contributed by atoms with van der Waals surface area (Å²) in [5, 5.41) is 20.4. The van der Waals surface area contributed by atoms with Gasteiger partial charge in [0.2, 0.25) is 5.91 Å². The van der Waals surface area contributed by atoms with E-state index in [1.165, 1.54) is 41.6 Å². The Hall–Kier alpha value is -3.97. The van der Waals surface area contributed by atoms with Crippen molar-refractivity contribution in [1.82, 2.24) is 40.1 Å². The molecule has 4 aromatic rings. The monoisotopic (exact) mass is 536 g/mol. The van der Waals surface area contributed by atoms with Crippen LogP contribution in [0.4, 0.5) is 8.78 Å². The summed E-state index contributed by atoms with van der Waals surface area (Å²) in [5.74, 6) is -1.07. The Morgan fingerprint density at radius 1 is 1.24 bits per heavy atom. The van der Waals surface area contributed by atoms with E-state index < -0.39 is 23.7 Å². The van der Waals surface area contributed by atoms with Crippen LogP contribution in [0.2, 0.25) is 5.02 Å². The van der Waals surface area contributed by atoms with E-state index in [0.717, 1.165) is 0 Å². The highest BCUT2D eigenvalue weighted by atomic mass is 35.5. The summed E-state index contributed by atoms with van der Waals surface area (Å²) in [4.78, 5) is 26.8. The number of hydrogen-bond donors (Lipinski definition) is 2. The molecule has 2 N–H and O–H groups in total. The van der Waals surface area contributed by atoms with E-state index in [1.807, 2.05) is 7.85 Å². The van der Waals surface area contributed by atoms with Crippen LogP contribution in [0, 0.1) is 11.6 Å². The third kappa shape index (κ3) is 3.81. The highest BCUT2D eigenvalue weighted by Crippen LogP contribution is 2.48. The fourth-order valence-corrected chi connectivity index (χ4v) is 5.68. The Kier molecular flexibility index (Phi) is 5.84. The van der Waals surface area contributed by atoms with Crippen molar-refractivity contribution in [2.24, 2.45) is 0 Å². The lowest BCUT2D eigenvalue weighted by Gasteiger charge is -2.42. The summed E-state index contributed by atoms with van der Waals surface area (Å²) in [6.45, 7) is -0.527. The van der Waals surface area contributed by atoms with Crippen molar-refractivity contribution in [3.63, 3.8) is 0 Å². The molecule has 5 heterocycles. The van der Waals surface area contributed by atoms with Crippen LogP contribution in [0.3, 0.4) is 0 Å². The van der Waals surface area contributed by atoms with Gasteiger partial charge in [-0.2, -0.15) is 4.68 Å². The topological polar surface area (TPSA) is 126 Å². The predicted molar refractivity (Wildman–Crippen MR) is 135 cm³/mol. The summed E-state index contributed by atoms with van der Waals surface area (Å²) < 4.78 is 31.5. The molecule has 3 aromatic heterocycles. The van der Waals surface area contributed by atoms with E-state index in [-0.39, 0.29) is 33.8 Å². The molecule has 0 saturated carbocycles. The van der Waals surface area contributed by atoms with Gasteiger partial charge < -0.3 is 15.0 Å². The molecule has 0 aliphatic carbocycles. The number of nitrogens with one attached hydrogen (secondary N) is 1. The number of aromatic amines is 1. The summed E-state index contributed by atoms with van der Waals surface area (Å²) in [6, 6.07) is 4.14. The van der Waals surface area contributed by atoms with Crippen LogP contribution in [0.25, 0.3) is 22.5 Å². The summed E-state index contributed by atoms with van der Waals surface area (Å²) in [5.41, 5.74) is 0.992. The molecule has 0 bridgehead atoms. The average Bonchev–Trinajstić information content (AvgIpc) is 3.65. The Bertz CT molecular complexity index is 1590. The van der Waals surface area contributed by atoms with Gasteiger partial charge in [0.05, 0.1) is 35.2 Å². The van der Waals surface area contributed by atoms with Gasteiger partial charge in [0.15, 0.2) is 11.6 Å². The fraction of sp³-hybridized carbons (Fsp3) is 0.250. The van der Waals surface area contributed by atoms with Crippen molar-refractivity contribution >= 4 is 30.9 Å². The van der Waals surface area contributed by atoms with Crippen LogP contribution >= 0.6 is 11.6 Å². The van der Waals surface area contributed by atoms with E-state index in [0.29, 0.717) is 42.0 Å². The van der Waals surface area contributed by atoms with Crippen molar-refractivity contribution in [1.29, 1.82) is 0 Å². The lowest BCUT2D eigenvalue weighted by Crippen LogP contribution is -2.51. The minimum atomic E-state index is -0.650. The number of aliphatic hydroxyl groups is 1. The summed E-state index contributed by atoms with van der Waals surface area (Å²) in [6.07, 6.45) is 7.29. The number of hydrogen-bond acceptors (Lipinski definition) is 7. The first-order valence-corrected chi connectivity index (χ1v) is 12.2. The second-order valence-corrected chi connectivity index (χ2v) is 9.98. The molecule has 192 valence electrons. The maximum atomic E-state index is 15.4. The van der Waals surface area contributed by atoms with E-state index in [9.17, 15) is 14.3 Å². The van der Waals surface area contributed by atoms with Crippen molar-refractivity contribution in [3.8, 4) is 16.9 Å². The van der Waals surface area contributed by atoms with Gasteiger partial charge in [-0.3, -0.25) is 9.78 Å². The maximum absolute atomic E-state index is 15.4. The molecule has 0 unspecified atom stereocenters. The number of carbonyl (C=O) groups is 1. The lowest BCUT2D eigenvalue weighted by atomic mass is 9.68. The zero-order valence-electron chi connectivity index (χ0n) is 20.1. The zero-order valence-corrected chi connectivity index (χ0v) is 20.8. The second-order valence-electron chi connectivity index (χ2n) is 9.58. The number of benzene rings is 1. The van der Waals surface area contributed by atoms with Crippen molar-refractivity contribution in [2.45, 2.75) is 37.3 Å². The van der Waals surface area contributed by atoms with Crippen molar-refractivity contribution < 1.29 is 18.7 Å². The molecule has 6 rings (SSSR count). The first kappa shape index (κ1) is 24.4. The molecule has 2 aliphatic heterocycles. The highest BCUT2D eigenvalue weighted by molar-refractivity contribution is 6.31.